The fourth-order valence-corrected chi connectivity index (χ4v) is 2.44. The van der Waals surface area contributed by atoms with Crippen LogP contribution in [0.25, 0.3) is 0 Å². The first-order chi connectivity index (χ1) is 10.3. The highest BCUT2D eigenvalue weighted by molar-refractivity contribution is 6.21. The van der Waals surface area contributed by atoms with Gasteiger partial charge in [-0.1, -0.05) is 25.0 Å². The molecule has 1 aliphatic heterocycles. The van der Waals surface area contributed by atoms with Crippen molar-refractivity contribution < 1.29 is 19.4 Å². The molecule has 0 unspecified atom stereocenters. The Balaban J connectivity index is 1.69. The number of aliphatic hydroxyl groups is 1. The van der Waals surface area contributed by atoms with Gasteiger partial charge in [0, 0.05) is 13.2 Å². The van der Waals surface area contributed by atoms with Crippen LogP contribution in [0.15, 0.2) is 24.3 Å². The maximum atomic E-state index is 12.1. The summed E-state index contributed by atoms with van der Waals surface area (Å²) in [6.45, 7) is 1.56. The van der Waals surface area contributed by atoms with E-state index >= 15 is 0 Å². The molecule has 0 saturated heterocycles. The SMILES string of the molecule is O=C1c2ccccc2C(=O)N1CCCCCCOCCO. The minimum absolute atomic E-state index is 0.0553. The van der Waals surface area contributed by atoms with Crippen LogP contribution in [0, 0.1) is 0 Å². The van der Waals surface area contributed by atoms with Crippen LogP contribution in [0.1, 0.15) is 46.4 Å². The number of hydrogen-bond acceptors (Lipinski definition) is 4. The number of nitrogens with zero attached hydrogens (tertiary/aromatic N) is 1. The maximum absolute atomic E-state index is 12.1. The second-order valence-corrected chi connectivity index (χ2v) is 5.06. The molecule has 114 valence electrons. The highest BCUT2D eigenvalue weighted by Crippen LogP contribution is 2.22. The molecule has 0 atom stereocenters. The van der Waals surface area contributed by atoms with Gasteiger partial charge in [-0.25, -0.2) is 0 Å². The molecule has 1 aliphatic rings. The lowest BCUT2D eigenvalue weighted by atomic mass is 10.1. The van der Waals surface area contributed by atoms with E-state index in [1.54, 1.807) is 24.3 Å². The molecule has 1 N–H and O–H groups in total. The molecule has 21 heavy (non-hydrogen) atoms. The van der Waals surface area contributed by atoms with Crippen LogP contribution in [-0.4, -0.2) is 48.2 Å². The summed E-state index contributed by atoms with van der Waals surface area (Å²) in [5.74, 6) is -0.358. The smallest absolute Gasteiger partial charge is 0.261 e. The van der Waals surface area contributed by atoms with E-state index in [9.17, 15) is 9.59 Å². The lowest BCUT2D eigenvalue weighted by molar-refractivity contribution is 0.0650. The van der Waals surface area contributed by atoms with Gasteiger partial charge in [-0.05, 0) is 25.0 Å². The Kier molecular flexibility index (Phi) is 5.90. The number of fused-ring (bicyclic) bond motifs is 1. The number of carbonyl (C=O) groups is 2. The molecular weight excluding hydrogens is 270 g/mol. The number of hydrogen-bond donors (Lipinski definition) is 1. The summed E-state index contributed by atoms with van der Waals surface area (Å²) in [7, 11) is 0. The molecule has 1 aromatic carbocycles. The van der Waals surface area contributed by atoms with Gasteiger partial charge in [-0.3, -0.25) is 14.5 Å². The lowest BCUT2D eigenvalue weighted by Gasteiger charge is -2.13. The third kappa shape index (κ3) is 3.89. The van der Waals surface area contributed by atoms with Crippen molar-refractivity contribution in [1.29, 1.82) is 0 Å². The number of amides is 2. The quantitative estimate of drug-likeness (QED) is 0.557. The second kappa shape index (κ2) is 7.90. The first-order valence-corrected chi connectivity index (χ1v) is 7.39. The van der Waals surface area contributed by atoms with Crippen LogP contribution in [-0.2, 0) is 4.74 Å². The van der Waals surface area contributed by atoms with E-state index in [0.717, 1.165) is 25.7 Å². The third-order valence-corrected chi connectivity index (χ3v) is 3.53. The van der Waals surface area contributed by atoms with Crippen molar-refractivity contribution in [2.75, 3.05) is 26.4 Å². The van der Waals surface area contributed by atoms with Crippen molar-refractivity contribution >= 4 is 11.8 Å². The normalized spacial score (nSPS) is 13.9. The number of ether oxygens (including phenoxy) is 1. The Bertz CT molecular complexity index is 466. The average molecular weight is 291 g/mol. The van der Waals surface area contributed by atoms with Crippen LogP contribution in [0.2, 0.25) is 0 Å². The minimum Gasteiger partial charge on any atom is -0.394 e. The van der Waals surface area contributed by atoms with E-state index < -0.39 is 0 Å². The van der Waals surface area contributed by atoms with E-state index in [0.29, 0.717) is 30.9 Å². The van der Waals surface area contributed by atoms with Crippen LogP contribution < -0.4 is 0 Å². The molecule has 0 saturated carbocycles. The van der Waals surface area contributed by atoms with Gasteiger partial charge in [-0.2, -0.15) is 0 Å². The first-order valence-electron chi connectivity index (χ1n) is 7.39. The number of carbonyl (C=O) groups excluding carboxylic acids is 2. The van der Waals surface area contributed by atoms with Gasteiger partial charge >= 0.3 is 0 Å². The van der Waals surface area contributed by atoms with Gasteiger partial charge in [0.1, 0.15) is 0 Å². The summed E-state index contributed by atoms with van der Waals surface area (Å²) in [4.78, 5) is 25.6. The summed E-state index contributed by atoms with van der Waals surface area (Å²) in [6, 6.07) is 6.96. The molecule has 1 aromatic rings. The fraction of sp³-hybridized carbons (Fsp3) is 0.500. The van der Waals surface area contributed by atoms with E-state index in [-0.39, 0.29) is 18.4 Å². The zero-order chi connectivity index (χ0) is 15.1. The largest absolute Gasteiger partial charge is 0.394 e. The van der Waals surface area contributed by atoms with Gasteiger partial charge in [0.15, 0.2) is 0 Å². The van der Waals surface area contributed by atoms with Gasteiger partial charge in [0.05, 0.1) is 24.3 Å². The molecule has 2 amide bonds. The summed E-state index contributed by atoms with van der Waals surface area (Å²) >= 11 is 0. The highest BCUT2D eigenvalue weighted by Gasteiger charge is 2.34. The summed E-state index contributed by atoms with van der Waals surface area (Å²) in [5, 5.41) is 8.56. The zero-order valence-electron chi connectivity index (χ0n) is 12.1. The monoisotopic (exact) mass is 291 g/mol. The van der Waals surface area contributed by atoms with Crippen molar-refractivity contribution in [3.63, 3.8) is 0 Å². The average Bonchev–Trinajstić information content (AvgIpc) is 2.75. The Morgan fingerprint density at radius 3 is 2.14 bits per heavy atom. The summed E-state index contributed by atoms with van der Waals surface area (Å²) < 4.78 is 5.17. The Labute approximate surface area is 124 Å². The number of benzene rings is 1. The molecule has 0 bridgehead atoms. The minimum atomic E-state index is -0.179. The highest BCUT2D eigenvalue weighted by atomic mass is 16.5. The Hall–Kier alpha value is -1.72. The zero-order valence-corrected chi connectivity index (χ0v) is 12.1. The Morgan fingerprint density at radius 2 is 1.52 bits per heavy atom. The van der Waals surface area contributed by atoms with Crippen LogP contribution in [0.5, 0.6) is 0 Å². The molecule has 0 radical (unpaired) electrons. The molecule has 0 spiro atoms. The van der Waals surface area contributed by atoms with Crippen molar-refractivity contribution in [1.82, 2.24) is 4.90 Å². The van der Waals surface area contributed by atoms with E-state index in [1.165, 1.54) is 4.90 Å². The fourth-order valence-electron chi connectivity index (χ4n) is 2.44. The predicted molar refractivity (Wildman–Crippen MR) is 78.2 cm³/mol. The molecule has 2 rings (SSSR count). The van der Waals surface area contributed by atoms with E-state index in [2.05, 4.69) is 0 Å². The predicted octanol–water partition coefficient (Wildman–Crippen LogP) is 1.85. The number of imide groups is 1. The van der Waals surface area contributed by atoms with Gasteiger partial charge < -0.3 is 9.84 Å². The molecule has 5 heteroatoms. The third-order valence-electron chi connectivity index (χ3n) is 3.53. The van der Waals surface area contributed by atoms with E-state index in [1.807, 2.05) is 0 Å². The topological polar surface area (TPSA) is 66.8 Å². The van der Waals surface area contributed by atoms with Gasteiger partial charge in [0.2, 0.25) is 0 Å². The molecule has 5 nitrogen and oxygen atoms in total. The number of aliphatic hydroxyl groups excluding tert-OH is 1. The van der Waals surface area contributed by atoms with E-state index in [4.69, 9.17) is 9.84 Å². The first kappa shape index (κ1) is 15.7. The van der Waals surface area contributed by atoms with Gasteiger partial charge in [-0.15, -0.1) is 0 Å². The van der Waals surface area contributed by atoms with Crippen molar-refractivity contribution in [3.8, 4) is 0 Å². The Morgan fingerprint density at radius 1 is 0.905 bits per heavy atom. The van der Waals surface area contributed by atoms with Gasteiger partial charge in [0.25, 0.3) is 11.8 Å². The standard InChI is InChI=1S/C16H21NO4/c18-10-12-21-11-6-2-1-5-9-17-15(19)13-7-3-4-8-14(13)16(17)20/h3-4,7-8,18H,1-2,5-6,9-12H2. The van der Waals surface area contributed by atoms with Crippen LogP contribution in [0.4, 0.5) is 0 Å². The second-order valence-electron chi connectivity index (χ2n) is 5.06. The van der Waals surface area contributed by atoms with Crippen molar-refractivity contribution in [2.45, 2.75) is 25.7 Å². The number of unbranched alkanes of at least 4 members (excludes halogenated alkanes) is 3. The lowest BCUT2D eigenvalue weighted by Crippen LogP contribution is -2.30. The summed E-state index contributed by atoms with van der Waals surface area (Å²) in [6.07, 6.45) is 3.69. The number of rotatable bonds is 9. The van der Waals surface area contributed by atoms with Crippen molar-refractivity contribution in [2.24, 2.45) is 0 Å². The maximum Gasteiger partial charge on any atom is 0.261 e. The molecule has 0 fully saturated rings. The van der Waals surface area contributed by atoms with Crippen LogP contribution in [0.3, 0.4) is 0 Å². The molecule has 0 aliphatic carbocycles. The molecular formula is C16H21NO4. The summed E-state index contributed by atoms with van der Waals surface area (Å²) in [5.41, 5.74) is 1.03. The van der Waals surface area contributed by atoms with Crippen LogP contribution >= 0.6 is 0 Å². The molecule has 1 heterocycles. The molecule has 0 aromatic heterocycles. The van der Waals surface area contributed by atoms with Crippen molar-refractivity contribution in [3.05, 3.63) is 35.4 Å².